The molecule has 2 amide bonds. The molecule has 7 nitrogen and oxygen atoms in total. The maximum Gasteiger partial charge on any atom is 0.320 e. The van der Waals surface area contributed by atoms with Crippen LogP contribution in [-0.2, 0) is 4.74 Å². The number of methoxy groups -OCH3 is 1. The van der Waals surface area contributed by atoms with E-state index >= 15 is 0 Å². The van der Waals surface area contributed by atoms with Crippen LogP contribution in [0.25, 0.3) is 11.1 Å². The highest BCUT2D eigenvalue weighted by Gasteiger charge is 2.26. The van der Waals surface area contributed by atoms with E-state index in [9.17, 15) is 9.18 Å². The SMILES string of the molecule is COc1cc(F)ccc1-c1cc(NC(=O)NC2CCC(NC3CCOC3)CC2)ncc1Cl. The molecule has 1 aliphatic carbocycles. The third-order valence-corrected chi connectivity index (χ3v) is 6.32. The maximum absolute atomic E-state index is 13.5. The fourth-order valence-corrected chi connectivity index (χ4v) is 4.55. The van der Waals surface area contributed by atoms with E-state index in [4.69, 9.17) is 21.1 Å². The second kappa shape index (κ2) is 10.5. The number of ether oxygens (including phenoxy) is 2. The predicted molar refractivity (Wildman–Crippen MR) is 122 cm³/mol. The van der Waals surface area contributed by atoms with Crippen molar-refractivity contribution in [3.8, 4) is 16.9 Å². The highest BCUT2D eigenvalue weighted by atomic mass is 35.5. The van der Waals surface area contributed by atoms with E-state index in [2.05, 4.69) is 20.9 Å². The first kappa shape index (κ1) is 22.8. The van der Waals surface area contributed by atoms with Crippen molar-refractivity contribution in [3.05, 3.63) is 41.3 Å². The zero-order chi connectivity index (χ0) is 22.5. The van der Waals surface area contributed by atoms with Crippen molar-refractivity contribution < 1.29 is 18.7 Å². The molecule has 1 saturated carbocycles. The van der Waals surface area contributed by atoms with Crippen LogP contribution < -0.4 is 20.7 Å². The average Bonchev–Trinajstić information content (AvgIpc) is 3.29. The Morgan fingerprint density at radius 1 is 1.12 bits per heavy atom. The number of amides is 2. The van der Waals surface area contributed by atoms with Gasteiger partial charge in [0.1, 0.15) is 17.4 Å². The van der Waals surface area contributed by atoms with E-state index < -0.39 is 5.82 Å². The number of nitrogens with one attached hydrogen (secondary N) is 3. The molecule has 2 aromatic rings. The fourth-order valence-electron chi connectivity index (χ4n) is 4.34. The summed E-state index contributed by atoms with van der Waals surface area (Å²) < 4.78 is 24.3. The Labute approximate surface area is 192 Å². The van der Waals surface area contributed by atoms with Crippen molar-refractivity contribution in [1.82, 2.24) is 15.6 Å². The molecule has 0 bridgehead atoms. The lowest BCUT2D eigenvalue weighted by Gasteiger charge is -2.31. The number of pyridine rings is 1. The summed E-state index contributed by atoms with van der Waals surface area (Å²) >= 11 is 6.31. The van der Waals surface area contributed by atoms with Gasteiger partial charge in [0, 0.05) is 48.1 Å². The molecule has 9 heteroatoms. The minimum atomic E-state index is -0.407. The molecule has 1 aromatic carbocycles. The van der Waals surface area contributed by atoms with Crippen molar-refractivity contribution in [2.75, 3.05) is 25.6 Å². The number of hydrogen-bond acceptors (Lipinski definition) is 5. The van der Waals surface area contributed by atoms with E-state index in [1.54, 1.807) is 12.1 Å². The Morgan fingerprint density at radius 2 is 1.91 bits per heavy atom. The van der Waals surface area contributed by atoms with Crippen LogP contribution in [0.4, 0.5) is 15.0 Å². The molecule has 1 aliphatic heterocycles. The van der Waals surface area contributed by atoms with E-state index in [-0.39, 0.29) is 12.1 Å². The van der Waals surface area contributed by atoms with Crippen LogP contribution in [0.2, 0.25) is 5.02 Å². The molecule has 1 saturated heterocycles. The van der Waals surface area contributed by atoms with Gasteiger partial charge >= 0.3 is 6.03 Å². The van der Waals surface area contributed by atoms with Gasteiger partial charge in [0.2, 0.25) is 0 Å². The molecular formula is C23H28ClFN4O3. The van der Waals surface area contributed by atoms with Crippen LogP contribution in [0.5, 0.6) is 5.75 Å². The molecule has 0 spiro atoms. The van der Waals surface area contributed by atoms with Crippen molar-refractivity contribution in [2.45, 2.75) is 50.2 Å². The molecule has 0 radical (unpaired) electrons. The minimum absolute atomic E-state index is 0.122. The molecule has 172 valence electrons. The van der Waals surface area contributed by atoms with Crippen LogP contribution in [0.15, 0.2) is 30.5 Å². The van der Waals surface area contributed by atoms with E-state index in [0.717, 1.165) is 45.3 Å². The number of carbonyl (C=O) groups excluding carboxylic acids is 1. The quantitative estimate of drug-likeness (QED) is 0.594. The van der Waals surface area contributed by atoms with Gasteiger partial charge < -0.3 is 20.1 Å². The Balaban J connectivity index is 1.33. The lowest BCUT2D eigenvalue weighted by Crippen LogP contribution is -2.46. The second-order valence-corrected chi connectivity index (χ2v) is 8.68. The zero-order valence-electron chi connectivity index (χ0n) is 18.0. The summed E-state index contributed by atoms with van der Waals surface area (Å²) in [6, 6.07) is 6.61. The Hall–Kier alpha value is -2.42. The summed E-state index contributed by atoms with van der Waals surface area (Å²) in [5, 5.41) is 9.85. The predicted octanol–water partition coefficient (Wildman–Crippen LogP) is 4.36. The molecule has 1 aromatic heterocycles. The third-order valence-electron chi connectivity index (χ3n) is 6.01. The molecule has 2 fully saturated rings. The van der Waals surface area contributed by atoms with Gasteiger partial charge in [-0.05, 0) is 50.3 Å². The number of urea groups is 1. The van der Waals surface area contributed by atoms with Gasteiger partial charge in [-0.3, -0.25) is 5.32 Å². The summed E-state index contributed by atoms with van der Waals surface area (Å²) in [6.07, 6.45) is 6.42. The molecule has 32 heavy (non-hydrogen) atoms. The van der Waals surface area contributed by atoms with Crippen molar-refractivity contribution in [2.24, 2.45) is 0 Å². The lowest BCUT2D eigenvalue weighted by atomic mass is 9.90. The summed E-state index contributed by atoms with van der Waals surface area (Å²) in [7, 11) is 1.46. The first-order valence-corrected chi connectivity index (χ1v) is 11.3. The number of halogens is 2. The third kappa shape index (κ3) is 5.68. The van der Waals surface area contributed by atoms with Gasteiger partial charge in [-0.15, -0.1) is 0 Å². The monoisotopic (exact) mass is 462 g/mol. The number of hydrogen-bond donors (Lipinski definition) is 3. The average molecular weight is 463 g/mol. The summed E-state index contributed by atoms with van der Waals surface area (Å²) in [5.41, 5.74) is 1.21. The normalized spacial score (nSPS) is 23.0. The zero-order valence-corrected chi connectivity index (χ0v) is 18.8. The molecule has 1 atom stereocenters. The van der Waals surface area contributed by atoms with Gasteiger partial charge in [0.15, 0.2) is 0 Å². The van der Waals surface area contributed by atoms with Gasteiger partial charge in [0.25, 0.3) is 0 Å². The number of aromatic nitrogens is 1. The van der Waals surface area contributed by atoms with E-state index in [1.165, 1.54) is 25.4 Å². The van der Waals surface area contributed by atoms with Crippen LogP contribution in [0, 0.1) is 5.82 Å². The van der Waals surface area contributed by atoms with E-state index in [1.807, 2.05) is 0 Å². The molecule has 2 heterocycles. The topological polar surface area (TPSA) is 84.5 Å². The van der Waals surface area contributed by atoms with Crippen molar-refractivity contribution in [1.29, 1.82) is 0 Å². The lowest BCUT2D eigenvalue weighted by molar-refractivity contribution is 0.184. The van der Waals surface area contributed by atoms with Crippen molar-refractivity contribution in [3.63, 3.8) is 0 Å². The van der Waals surface area contributed by atoms with Gasteiger partial charge in [-0.25, -0.2) is 14.2 Å². The highest BCUT2D eigenvalue weighted by molar-refractivity contribution is 6.33. The first-order chi connectivity index (χ1) is 15.5. The minimum Gasteiger partial charge on any atom is -0.496 e. The maximum atomic E-state index is 13.5. The molecule has 2 aliphatic rings. The number of carbonyl (C=O) groups is 1. The number of anilines is 1. The Morgan fingerprint density at radius 3 is 2.62 bits per heavy atom. The van der Waals surface area contributed by atoms with Crippen LogP contribution in [0.3, 0.4) is 0 Å². The molecule has 1 unspecified atom stereocenters. The molecule has 3 N–H and O–H groups in total. The highest BCUT2D eigenvalue weighted by Crippen LogP contribution is 2.36. The molecule has 4 rings (SSSR count). The first-order valence-electron chi connectivity index (χ1n) is 10.9. The molecular weight excluding hydrogens is 435 g/mol. The standard InChI is InChI=1S/C23H28ClFN4O3/c1-31-21-10-14(25)2-7-18(21)19-11-22(26-12-20(19)24)29-23(30)28-16-5-3-15(4-6-16)27-17-8-9-32-13-17/h2,7,10-12,15-17,27H,3-6,8-9,13H2,1H3,(H2,26,28,29,30). The number of rotatable bonds is 6. The summed E-state index contributed by atoms with van der Waals surface area (Å²) in [4.78, 5) is 16.7. The fraction of sp³-hybridized carbons (Fsp3) is 0.478. The summed E-state index contributed by atoms with van der Waals surface area (Å²) in [5.74, 6) is 0.294. The van der Waals surface area contributed by atoms with Crippen LogP contribution in [0.1, 0.15) is 32.1 Å². The Bertz CT molecular complexity index is 947. The largest absolute Gasteiger partial charge is 0.496 e. The van der Waals surface area contributed by atoms with Gasteiger partial charge in [-0.1, -0.05) is 11.6 Å². The smallest absolute Gasteiger partial charge is 0.320 e. The van der Waals surface area contributed by atoms with Gasteiger partial charge in [0.05, 0.1) is 18.7 Å². The van der Waals surface area contributed by atoms with Crippen LogP contribution in [-0.4, -0.2) is 49.5 Å². The number of nitrogens with zero attached hydrogens (tertiary/aromatic N) is 1. The van der Waals surface area contributed by atoms with Crippen LogP contribution >= 0.6 is 11.6 Å². The Kier molecular flexibility index (Phi) is 7.44. The van der Waals surface area contributed by atoms with E-state index in [0.29, 0.717) is 39.8 Å². The summed E-state index contributed by atoms with van der Waals surface area (Å²) in [6.45, 7) is 1.63. The number of benzene rings is 1. The second-order valence-electron chi connectivity index (χ2n) is 8.27. The van der Waals surface area contributed by atoms with Gasteiger partial charge in [-0.2, -0.15) is 0 Å². The van der Waals surface area contributed by atoms with Crippen molar-refractivity contribution >= 4 is 23.4 Å².